The number of nitrogens with one attached hydrogen (secondary N) is 1. The fourth-order valence-electron chi connectivity index (χ4n) is 3.49. The zero-order chi connectivity index (χ0) is 22.8. The Morgan fingerprint density at radius 3 is 2.59 bits per heavy atom. The molecular formula is C23H20ClF2N3O2S. The van der Waals surface area contributed by atoms with Crippen molar-refractivity contribution < 1.29 is 18.6 Å². The second kappa shape index (κ2) is 9.36. The van der Waals surface area contributed by atoms with E-state index in [-0.39, 0.29) is 33.2 Å². The van der Waals surface area contributed by atoms with Gasteiger partial charge in [0.1, 0.15) is 17.1 Å². The first-order chi connectivity index (χ1) is 15.4. The minimum Gasteiger partial charge on any atom is -0.505 e. The van der Waals surface area contributed by atoms with Gasteiger partial charge in [0.25, 0.3) is 0 Å². The topological polar surface area (TPSA) is 84.2 Å². The zero-order valence-corrected chi connectivity index (χ0v) is 18.6. The molecule has 1 unspecified atom stereocenters. The van der Waals surface area contributed by atoms with E-state index >= 15 is 0 Å². The van der Waals surface area contributed by atoms with Crippen molar-refractivity contribution in [1.29, 1.82) is 0 Å². The molecule has 4 rings (SSSR count). The van der Waals surface area contributed by atoms with Crippen LogP contribution in [-0.4, -0.2) is 27.4 Å². The Labute approximate surface area is 192 Å². The molecule has 0 spiro atoms. The number of fused-ring (bicyclic) bond motifs is 1. The largest absolute Gasteiger partial charge is 0.505 e. The van der Waals surface area contributed by atoms with Gasteiger partial charge in [-0.2, -0.15) is 8.78 Å². The molecular weight excluding hydrogens is 456 g/mol. The number of nitrogens with zero attached hydrogens (tertiary/aromatic N) is 1. The van der Waals surface area contributed by atoms with Gasteiger partial charge in [-0.05, 0) is 35.6 Å². The van der Waals surface area contributed by atoms with Crippen LogP contribution in [0.15, 0.2) is 59.5 Å². The average Bonchev–Trinajstić information content (AvgIpc) is 3.19. The first-order valence-corrected chi connectivity index (χ1v) is 11.2. The number of ether oxygens (including phenoxy) is 1. The molecule has 0 aliphatic heterocycles. The Bertz CT molecular complexity index is 1250. The molecule has 0 aliphatic carbocycles. The Hall–Kier alpha value is -2.81. The number of rotatable bonds is 7. The molecule has 32 heavy (non-hydrogen) atoms. The molecule has 166 valence electrons. The number of thioether (sulfide) groups is 1. The molecule has 3 aromatic carbocycles. The number of phenols is 1. The van der Waals surface area contributed by atoms with E-state index in [2.05, 4.69) is 21.6 Å². The summed E-state index contributed by atoms with van der Waals surface area (Å²) in [7, 11) is 0. The molecule has 0 aliphatic rings. The van der Waals surface area contributed by atoms with Crippen LogP contribution in [0.2, 0.25) is 5.02 Å². The fourth-order valence-corrected chi connectivity index (χ4v) is 4.45. The van der Waals surface area contributed by atoms with Crippen LogP contribution in [0.4, 0.5) is 8.78 Å². The third-order valence-corrected chi connectivity index (χ3v) is 6.13. The number of halogens is 3. The van der Waals surface area contributed by atoms with Gasteiger partial charge in [0.2, 0.25) is 0 Å². The van der Waals surface area contributed by atoms with Gasteiger partial charge in [0.15, 0.2) is 5.75 Å². The number of nitrogens with two attached hydrogens (primary N) is 1. The van der Waals surface area contributed by atoms with Crippen LogP contribution in [-0.2, 0) is 0 Å². The molecule has 4 aromatic rings. The maximum Gasteiger partial charge on any atom is 0.387 e. The summed E-state index contributed by atoms with van der Waals surface area (Å²) >= 11 is 8.15. The van der Waals surface area contributed by atoms with E-state index in [4.69, 9.17) is 17.3 Å². The molecule has 0 saturated heterocycles. The third-order valence-electron chi connectivity index (χ3n) is 4.94. The smallest absolute Gasteiger partial charge is 0.387 e. The van der Waals surface area contributed by atoms with Crippen molar-refractivity contribution in [3.05, 3.63) is 71.0 Å². The fraction of sp³-hybridized carbons (Fsp3) is 0.174. The molecule has 4 N–H and O–H groups in total. The number of aromatic hydroxyl groups is 1. The van der Waals surface area contributed by atoms with E-state index in [9.17, 15) is 13.9 Å². The highest BCUT2D eigenvalue weighted by molar-refractivity contribution is 7.99. The molecule has 1 atom stereocenters. The second-order valence-electron chi connectivity index (χ2n) is 6.95. The molecule has 0 radical (unpaired) electrons. The molecule has 0 bridgehead atoms. The van der Waals surface area contributed by atoms with Crippen molar-refractivity contribution in [2.75, 3.05) is 5.75 Å². The minimum absolute atomic E-state index is 0.100. The van der Waals surface area contributed by atoms with Crippen molar-refractivity contribution in [1.82, 2.24) is 9.97 Å². The summed E-state index contributed by atoms with van der Waals surface area (Å²) in [5, 5.41) is 11.1. The number of benzene rings is 3. The van der Waals surface area contributed by atoms with Gasteiger partial charge in [0, 0.05) is 16.0 Å². The highest BCUT2D eigenvalue weighted by Crippen LogP contribution is 2.44. The highest BCUT2D eigenvalue weighted by Gasteiger charge is 2.22. The summed E-state index contributed by atoms with van der Waals surface area (Å²) in [6.07, 6.45) is 0. The summed E-state index contributed by atoms with van der Waals surface area (Å²) in [5.74, 6) is 1.07. The van der Waals surface area contributed by atoms with E-state index in [0.717, 1.165) is 16.2 Å². The summed E-state index contributed by atoms with van der Waals surface area (Å²) < 4.78 is 30.3. The van der Waals surface area contributed by atoms with Crippen LogP contribution in [0.5, 0.6) is 11.5 Å². The quantitative estimate of drug-likeness (QED) is 0.271. The van der Waals surface area contributed by atoms with Gasteiger partial charge in [0.05, 0.1) is 16.6 Å². The van der Waals surface area contributed by atoms with Crippen molar-refractivity contribution in [3.8, 4) is 22.6 Å². The molecule has 5 nitrogen and oxygen atoms in total. The maximum absolute atomic E-state index is 12.8. The van der Waals surface area contributed by atoms with E-state index in [0.29, 0.717) is 11.3 Å². The average molecular weight is 476 g/mol. The summed E-state index contributed by atoms with van der Waals surface area (Å²) in [5.41, 5.74) is 8.36. The molecule has 0 saturated carbocycles. The maximum atomic E-state index is 12.8. The van der Waals surface area contributed by atoms with Gasteiger partial charge in [-0.3, -0.25) is 0 Å². The van der Waals surface area contributed by atoms with Gasteiger partial charge < -0.3 is 20.6 Å². The second-order valence-corrected chi connectivity index (χ2v) is 8.70. The van der Waals surface area contributed by atoms with Crippen LogP contribution >= 0.6 is 23.4 Å². The van der Waals surface area contributed by atoms with Crippen molar-refractivity contribution in [2.45, 2.75) is 24.5 Å². The Morgan fingerprint density at radius 1 is 1.19 bits per heavy atom. The van der Waals surface area contributed by atoms with Crippen molar-refractivity contribution in [3.63, 3.8) is 0 Å². The molecule has 1 aromatic heterocycles. The summed E-state index contributed by atoms with van der Waals surface area (Å²) in [6.45, 7) is -0.930. The van der Waals surface area contributed by atoms with Gasteiger partial charge in [-0.25, -0.2) is 4.98 Å². The Balaban J connectivity index is 1.76. The first-order valence-electron chi connectivity index (χ1n) is 9.82. The van der Waals surface area contributed by atoms with Crippen LogP contribution in [0, 0.1) is 0 Å². The molecule has 9 heteroatoms. The summed E-state index contributed by atoms with van der Waals surface area (Å²) in [6, 6.07) is 15.0. The Morgan fingerprint density at radius 2 is 1.91 bits per heavy atom. The predicted octanol–water partition coefficient (Wildman–Crippen LogP) is 6.35. The highest BCUT2D eigenvalue weighted by atomic mass is 35.5. The molecule has 1 heterocycles. The van der Waals surface area contributed by atoms with Crippen molar-refractivity contribution in [2.24, 2.45) is 5.73 Å². The summed E-state index contributed by atoms with van der Waals surface area (Å²) in [4.78, 5) is 8.73. The number of imidazole rings is 1. The van der Waals surface area contributed by atoms with Crippen LogP contribution in [0.25, 0.3) is 22.2 Å². The Kier molecular flexibility index (Phi) is 6.55. The van der Waals surface area contributed by atoms with Crippen LogP contribution < -0.4 is 10.5 Å². The number of alkyl halides is 2. The normalized spacial score (nSPS) is 12.4. The van der Waals surface area contributed by atoms with E-state index in [1.807, 2.05) is 24.3 Å². The lowest BCUT2D eigenvalue weighted by atomic mass is 10.0. The first kappa shape index (κ1) is 22.4. The number of phenolic OH excluding ortho intramolecular Hbond substituents is 1. The van der Waals surface area contributed by atoms with E-state index < -0.39 is 12.7 Å². The number of para-hydroxylation sites is 1. The lowest BCUT2D eigenvalue weighted by Gasteiger charge is -2.13. The van der Waals surface area contributed by atoms with E-state index in [1.165, 1.54) is 6.07 Å². The SMILES string of the molecule is CCSc1ccc(C(N)c2nc3c(O)c(-c4ccccc4OC(F)F)c(Cl)cc3[nH]2)cc1. The standard InChI is InChI=1S/C23H20ClF2N3O2S/c1-2-32-13-9-7-12(8-10-13)19(27)22-28-16-11-15(24)18(21(30)20(16)29-22)14-5-3-4-6-17(14)31-23(25)26/h3-11,19,23,30H,2,27H2,1H3,(H,28,29). The van der Waals surface area contributed by atoms with Gasteiger partial charge in [-0.1, -0.05) is 48.9 Å². The van der Waals surface area contributed by atoms with Crippen LogP contribution in [0.1, 0.15) is 24.4 Å². The van der Waals surface area contributed by atoms with Gasteiger partial charge >= 0.3 is 6.61 Å². The monoisotopic (exact) mass is 475 g/mol. The van der Waals surface area contributed by atoms with Crippen LogP contribution in [0.3, 0.4) is 0 Å². The number of hydrogen-bond donors (Lipinski definition) is 3. The number of hydrogen-bond acceptors (Lipinski definition) is 5. The number of aromatic amines is 1. The van der Waals surface area contributed by atoms with Gasteiger partial charge in [-0.15, -0.1) is 11.8 Å². The number of aromatic nitrogens is 2. The molecule has 0 fully saturated rings. The minimum atomic E-state index is -3.02. The zero-order valence-electron chi connectivity index (χ0n) is 17.0. The lowest BCUT2D eigenvalue weighted by molar-refractivity contribution is -0.0494. The van der Waals surface area contributed by atoms with Crippen molar-refractivity contribution >= 4 is 34.4 Å². The molecule has 0 amide bonds. The van der Waals surface area contributed by atoms with E-state index in [1.54, 1.807) is 36.0 Å². The predicted molar refractivity (Wildman–Crippen MR) is 124 cm³/mol. The number of H-pyrrole nitrogens is 1. The lowest BCUT2D eigenvalue weighted by Crippen LogP contribution is -2.13. The third kappa shape index (κ3) is 4.39.